The number of amides is 3. The van der Waals surface area contributed by atoms with Crippen LogP contribution < -0.4 is 5.32 Å². The Balaban J connectivity index is 1.49. The van der Waals surface area contributed by atoms with Crippen molar-refractivity contribution in [3.05, 3.63) is 35.6 Å². The summed E-state index contributed by atoms with van der Waals surface area (Å²) < 4.78 is 12.8. The van der Waals surface area contributed by atoms with E-state index in [1.165, 1.54) is 12.1 Å². The molecule has 0 atom stereocenters. The monoisotopic (exact) mass is 346 g/mol. The number of likely N-dealkylation sites (tertiary alicyclic amines) is 1. The maximum Gasteiger partial charge on any atom is 0.240 e. The minimum absolute atomic E-state index is 0.175. The second-order valence-corrected chi connectivity index (χ2v) is 7.03. The molecule has 1 spiro atoms. The van der Waals surface area contributed by atoms with Crippen LogP contribution >= 0.6 is 0 Å². The van der Waals surface area contributed by atoms with E-state index < -0.39 is 5.41 Å². The third kappa shape index (κ3) is 3.89. The van der Waals surface area contributed by atoms with E-state index in [0.717, 1.165) is 42.6 Å². The van der Waals surface area contributed by atoms with Crippen molar-refractivity contribution in [1.82, 2.24) is 10.2 Å². The number of carbonyl (C=O) groups is 3. The molecule has 25 heavy (non-hydrogen) atoms. The van der Waals surface area contributed by atoms with Gasteiger partial charge in [0.15, 0.2) is 0 Å². The van der Waals surface area contributed by atoms with Gasteiger partial charge in [-0.15, -0.1) is 0 Å². The molecule has 0 radical (unpaired) electrons. The quantitative estimate of drug-likeness (QED) is 0.831. The van der Waals surface area contributed by atoms with Gasteiger partial charge in [-0.05, 0) is 37.0 Å². The van der Waals surface area contributed by atoms with Crippen molar-refractivity contribution < 1.29 is 18.8 Å². The van der Waals surface area contributed by atoms with E-state index in [4.69, 9.17) is 0 Å². The Kier molecular flexibility index (Phi) is 5.16. The first-order chi connectivity index (χ1) is 12.0. The molecule has 3 rings (SSSR count). The van der Waals surface area contributed by atoms with E-state index in [0.29, 0.717) is 13.0 Å². The van der Waals surface area contributed by atoms with Gasteiger partial charge in [-0.3, -0.25) is 19.3 Å². The fourth-order valence-electron chi connectivity index (χ4n) is 3.84. The Morgan fingerprint density at radius 1 is 1.12 bits per heavy atom. The largest absolute Gasteiger partial charge is 0.354 e. The molecule has 2 fully saturated rings. The molecule has 1 saturated heterocycles. The summed E-state index contributed by atoms with van der Waals surface area (Å²) in [5.74, 6) is -1.04. The lowest BCUT2D eigenvalue weighted by atomic mass is 9.73. The zero-order chi connectivity index (χ0) is 17.9. The number of imide groups is 1. The molecule has 1 aliphatic carbocycles. The van der Waals surface area contributed by atoms with Gasteiger partial charge in [-0.2, -0.15) is 0 Å². The highest BCUT2D eigenvalue weighted by Crippen LogP contribution is 2.45. The molecule has 1 aromatic rings. The summed E-state index contributed by atoms with van der Waals surface area (Å²) in [7, 11) is 0. The van der Waals surface area contributed by atoms with Crippen LogP contribution in [0, 0.1) is 11.2 Å². The van der Waals surface area contributed by atoms with Crippen LogP contribution in [0.15, 0.2) is 24.3 Å². The number of rotatable bonds is 5. The van der Waals surface area contributed by atoms with Gasteiger partial charge in [0.2, 0.25) is 17.7 Å². The van der Waals surface area contributed by atoms with Crippen molar-refractivity contribution in [2.45, 2.75) is 44.9 Å². The summed E-state index contributed by atoms with van der Waals surface area (Å²) in [6.45, 7) is 0.175. The summed E-state index contributed by atoms with van der Waals surface area (Å²) >= 11 is 0. The lowest BCUT2D eigenvalue weighted by Crippen LogP contribution is -2.43. The van der Waals surface area contributed by atoms with Crippen molar-refractivity contribution in [3.63, 3.8) is 0 Å². The topological polar surface area (TPSA) is 66.5 Å². The number of carbonyl (C=O) groups excluding carboxylic acids is 3. The fraction of sp³-hybridized carbons (Fsp3) is 0.526. The molecule has 1 heterocycles. The van der Waals surface area contributed by atoms with Gasteiger partial charge in [0, 0.05) is 13.0 Å². The minimum Gasteiger partial charge on any atom is -0.354 e. The lowest BCUT2D eigenvalue weighted by molar-refractivity contribution is -0.145. The lowest BCUT2D eigenvalue weighted by Gasteiger charge is -2.30. The zero-order valence-electron chi connectivity index (χ0n) is 14.2. The van der Waals surface area contributed by atoms with Crippen LogP contribution in [0.1, 0.15) is 44.1 Å². The number of nitrogens with one attached hydrogen (secondary N) is 1. The van der Waals surface area contributed by atoms with E-state index in [2.05, 4.69) is 5.32 Å². The Morgan fingerprint density at radius 2 is 1.80 bits per heavy atom. The average Bonchev–Trinajstić information content (AvgIpc) is 2.81. The van der Waals surface area contributed by atoms with Crippen molar-refractivity contribution in [2.24, 2.45) is 5.41 Å². The number of benzene rings is 1. The van der Waals surface area contributed by atoms with Crippen molar-refractivity contribution in [3.8, 4) is 0 Å². The van der Waals surface area contributed by atoms with Crippen LogP contribution in [0.25, 0.3) is 0 Å². The molecule has 0 aromatic heterocycles. The molecule has 1 aromatic carbocycles. The highest BCUT2D eigenvalue weighted by atomic mass is 19.1. The van der Waals surface area contributed by atoms with Crippen LogP contribution in [0.4, 0.5) is 4.39 Å². The Bertz CT molecular complexity index is 666. The standard InChI is InChI=1S/C19H23FN2O3/c20-15-6-4-14(5-7-15)8-11-21-16(23)13-22-17(24)12-19(18(22)25)9-2-1-3-10-19/h4-7H,1-3,8-13H2,(H,21,23). The molecule has 1 saturated carbocycles. The second-order valence-electron chi connectivity index (χ2n) is 7.03. The summed E-state index contributed by atoms with van der Waals surface area (Å²) in [6.07, 6.45) is 5.35. The van der Waals surface area contributed by atoms with Gasteiger partial charge < -0.3 is 5.32 Å². The molecule has 134 valence electrons. The summed E-state index contributed by atoms with van der Waals surface area (Å²) in [5, 5.41) is 2.73. The van der Waals surface area contributed by atoms with Crippen LogP contribution in [0.2, 0.25) is 0 Å². The third-order valence-corrected chi connectivity index (χ3v) is 5.25. The van der Waals surface area contributed by atoms with E-state index in [1.807, 2.05) is 0 Å². The number of hydrogen-bond acceptors (Lipinski definition) is 3. The molecule has 0 bridgehead atoms. The van der Waals surface area contributed by atoms with Gasteiger partial charge in [-0.25, -0.2) is 4.39 Å². The smallest absolute Gasteiger partial charge is 0.240 e. The van der Waals surface area contributed by atoms with E-state index in [1.54, 1.807) is 12.1 Å². The van der Waals surface area contributed by atoms with E-state index >= 15 is 0 Å². The molecule has 1 aliphatic heterocycles. The SMILES string of the molecule is O=C(CN1C(=O)CC2(CCCCC2)C1=O)NCCc1ccc(F)cc1. The normalized spacial score (nSPS) is 19.5. The van der Waals surface area contributed by atoms with Crippen molar-refractivity contribution in [2.75, 3.05) is 13.1 Å². The van der Waals surface area contributed by atoms with Crippen LogP contribution in [0.5, 0.6) is 0 Å². The van der Waals surface area contributed by atoms with Gasteiger partial charge in [0.25, 0.3) is 0 Å². The van der Waals surface area contributed by atoms with Gasteiger partial charge in [-0.1, -0.05) is 31.4 Å². The molecular weight excluding hydrogens is 323 g/mol. The molecular formula is C19H23FN2O3. The first kappa shape index (κ1) is 17.6. The minimum atomic E-state index is -0.552. The van der Waals surface area contributed by atoms with Crippen molar-refractivity contribution >= 4 is 17.7 Å². The fourth-order valence-corrected chi connectivity index (χ4v) is 3.84. The highest BCUT2D eigenvalue weighted by Gasteiger charge is 2.51. The van der Waals surface area contributed by atoms with Gasteiger partial charge >= 0.3 is 0 Å². The van der Waals surface area contributed by atoms with Crippen molar-refractivity contribution in [1.29, 1.82) is 0 Å². The number of hydrogen-bond donors (Lipinski definition) is 1. The van der Waals surface area contributed by atoms with Gasteiger partial charge in [0.05, 0.1) is 5.41 Å². The molecule has 0 unspecified atom stereocenters. The first-order valence-electron chi connectivity index (χ1n) is 8.86. The molecule has 5 nitrogen and oxygen atoms in total. The summed E-state index contributed by atoms with van der Waals surface area (Å²) in [6, 6.07) is 6.09. The van der Waals surface area contributed by atoms with Gasteiger partial charge in [0.1, 0.15) is 12.4 Å². The Hall–Kier alpha value is -2.24. The predicted molar refractivity (Wildman–Crippen MR) is 90.0 cm³/mol. The predicted octanol–water partition coefficient (Wildman–Crippen LogP) is 2.19. The molecule has 2 aliphatic rings. The Labute approximate surface area is 146 Å². The summed E-state index contributed by atoms with van der Waals surface area (Å²) in [4.78, 5) is 38.1. The average molecular weight is 346 g/mol. The third-order valence-electron chi connectivity index (χ3n) is 5.25. The number of halogens is 1. The van der Waals surface area contributed by atoms with E-state index in [9.17, 15) is 18.8 Å². The Morgan fingerprint density at radius 3 is 2.48 bits per heavy atom. The van der Waals surface area contributed by atoms with E-state index in [-0.39, 0.29) is 36.5 Å². The molecule has 1 N–H and O–H groups in total. The molecule has 6 heteroatoms. The molecule has 3 amide bonds. The summed E-state index contributed by atoms with van der Waals surface area (Å²) in [5.41, 5.74) is 0.361. The van der Waals surface area contributed by atoms with Crippen LogP contribution in [-0.4, -0.2) is 35.7 Å². The van der Waals surface area contributed by atoms with Crippen LogP contribution in [-0.2, 0) is 20.8 Å². The maximum absolute atomic E-state index is 12.8. The van der Waals surface area contributed by atoms with Crippen LogP contribution in [0.3, 0.4) is 0 Å². The highest BCUT2D eigenvalue weighted by molar-refractivity contribution is 6.08. The first-order valence-corrected chi connectivity index (χ1v) is 8.86. The second kappa shape index (κ2) is 7.33. The zero-order valence-corrected chi connectivity index (χ0v) is 14.2. The number of nitrogens with zero attached hydrogens (tertiary/aromatic N) is 1. The maximum atomic E-state index is 12.8.